The standard InChI is InChI=1S/C15H26N2O3/c1-6-8-15(11-16,9-7-2)14(19)17(12(3)4)10-13(18)20-5/h12H,6-10H2,1-5H3. The van der Waals surface area contributed by atoms with Gasteiger partial charge in [-0.15, -0.1) is 0 Å². The predicted molar refractivity (Wildman–Crippen MR) is 76.7 cm³/mol. The highest BCUT2D eigenvalue weighted by atomic mass is 16.5. The Morgan fingerprint density at radius 1 is 1.25 bits per heavy atom. The van der Waals surface area contributed by atoms with Gasteiger partial charge in [0.25, 0.3) is 0 Å². The summed E-state index contributed by atoms with van der Waals surface area (Å²) in [6.07, 6.45) is 2.54. The topological polar surface area (TPSA) is 70.4 Å². The summed E-state index contributed by atoms with van der Waals surface area (Å²) in [5.41, 5.74) is -1.03. The number of ether oxygens (including phenoxy) is 1. The smallest absolute Gasteiger partial charge is 0.325 e. The van der Waals surface area contributed by atoms with E-state index in [0.717, 1.165) is 12.8 Å². The van der Waals surface area contributed by atoms with Crippen molar-refractivity contribution in [2.75, 3.05) is 13.7 Å². The molecule has 0 N–H and O–H groups in total. The Kier molecular flexibility index (Phi) is 7.90. The quantitative estimate of drug-likeness (QED) is 0.641. The SMILES string of the molecule is CCCC(C#N)(CCC)C(=O)N(CC(=O)OC)C(C)C. The zero-order valence-electron chi connectivity index (χ0n) is 13.2. The Balaban J connectivity index is 5.36. The molecule has 5 heteroatoms. The number of rotatable bonds is 8. The molecule has 0 saturated heterocycles. The molecule has 0 radical (unpaired) electrons. The Labute approximate surface area is 121 Å². The molecule has 0 aromatic rings. The summed E-state index contributed by atoms with van der Waals surface area (Å²) in [6, 6.07) is 2.05. The van der Waals surface area contributed by atoms with Gasteiger partial charge in [0.05, 0.1) is 13.2 Å². The summed E-state index contributed by atoms with van der Waals surface area (Å²) >= 11 is 0. The lowest BCUT2D eigenvalue weighted by molar-refractivity contribution is -0.152. The van der Waals surface area contributed by atoms with E-state index in [2.05, 4.69) is 10.8 Å². The number of methoxy groups -OCH3 is 1. The molecule has 20 heavy (non-hydrogen) atoms. The first-order chi connectivity index (χ1) is 9.38. The Bertz CT molecular complexity index is 366. The third-order valence-corrected chi connectivity index (χ3v) is 3.39. The highest BCUT2D eigenvalue weighted by molar-refractivity contribution is 5.88. The van der Waals surface area contributed by atoms with Crippen LogP contribution in [0.2, 0.25) is 0 Å². The minimum absolute atomic E-state index is 0.107. The van der Waals surface area contributed by atoms with E-state index in [9.17, 15) is 14.9 Å². The molecule has 0 bridgehead atoms. The monoisotopic (exact) mass is 282 g/mol. The first-order valence-electron chi connectivity index (χ1n) is 7.17. The van der Waals surface area contributed by atoms with Gasteiger partial charge in [-0.2, -0.15) is 5.26 Å². The van der Waals surface area contributed by atoms with Gasteiger partial charge in [-0.25, -0.2) is 0 Å². The molecule has 0 atom stereocenters. The number of hydrogen-bond acceptors (Lipinski definition) is 4. The van der Waals surface area contributed by atoms with Gasteiger partial charge in [-0.05, 0) is 26.7 Å². The maximum Gasteiger partial charge on any atom is 0.325 e. The lowest BCUT2D eigenvalue weighted by Crippen LogP contribution is -2.49. The van der Waals surface area contributed by atoms with Crippen LogP contribution in [0.5, 0.6) is 0 Å². The molecule has 0 aliphatic rings. The van der Waals surface area contributed by atoms with E-state index in [1.54, 1.807) is 0 Å². The van der Waals surface area contributed by atoms with Gasteiger partial charge in [0.1, 0.15) is 12.0 Å². The highest BCUT2D eigenvalue weighted by Crippen LogP contribution is 2.32. The summed E-state index contributed by atoms with van der Waals surface area (Å²) < 4.78 is 4.63. The van der Waals surface area contributed by atoms with Crippen molar-refractivity contribution in [2.45, 2.75) is 59.4 Å². The van der Waals surface area contributed by atoms with Gasteiger partial charge in [-0.3, -0.25) is 9.59 Å². The molecule has 0 heterocycles. The summed E-state index contributed by atoms with van der Waals surface area (Å²) in [5.74, 6) is -0.726. The van der Waals surface area contributed by atoms with E-state index in [1.165, 1.54) is 12.0 Å². The third-order valence-electron chi connectivity index (χ3n) is 3.39. The lowest BCUT2D eigenvalue weighted by Gasteiger charge is -2.34. The first-order valence-corrected chi connectivity index (χ1v) is 7.17. The van der Waals surface area contributed by atoms with Crippen LogP contribution < -0.4 is 0 Å². The second kappa shape index (κ2) is 8.57. The molecule has 0 aliphatic carbocycles. The van der Waals surface area contributed by atoms with Crippen molar-refractivity contribution in [2.24, 2.45) is 5.41 Å². The fourth-order valence-corrected chi connectivity index (χ4v) is 2.32. The van der Waals surface area contributed by atoms with Crippen LogP contribution in [0, 0.1) is 16.7 Å². The minimum atomic E-state index is -1.03. The number of nitriles is 1. The molecule has 0 saturated carbocycles. The average molecular weight is 282 g/mol. The number of carbonyl (C=O) groups excluding carboxylic acids is 2. The molecule has 114 valence electrons. The number of hydrogen-bond donors (Lipinski definition) is 0. The molecule has 0 fully saturated rings. The fraction of sp³-hybridized carbons (Fsp3) is 0.800. The summed E-state index contributed by atoms with van der Waals surface area (Å²) in [5, 5.41) is 9.52. The fourth-order valence-electron chi connectivity index (χ4n) is 2.32. The molecule has 1 amide bonds. The molecule has 0 unspecified atom stereocenters. The van der Waals surface area contributed by atoms with Crippen LogP contribution in [0.25, 0.3) is 0 Å². The van der Waals surface area contributed by atoms with Crippen LogP contribution >= 0.6 is 0 Å². The second-order valence-corrected chi connectivity index (χ2v) is 5.30. The third kappa shape index (κ3) is 4.52. The molecule has 0 aromatic carbocycles. The van der Waals surface area contributed by atoms with Crippen LogP contribution in [0.4, 0.5) is 0 Å². The average Bonchev–Trinajstić information content (AvgIpc) is 2.42. The van der Waals surface area contributed by atoms with Crippen molar-refractivity contribution in [1.82, 2.24) is 4.90 Å². The van der Waals surface area contributed by atoms with E-state index in [-0.39, 0.29) is 18.5 Å². The number of carbonyl (C=O) groups is 2. The Morgan fingerprint density at radius 3 is 2.05 bits per heavy atom. The van der Waals surface area contributed by atoms with Crippen molar-refractivity contribution in [1.29, 1.82) is 5.26 Å². The van der Waals surface area contributed by atoms with Crippen molar-refractivity contribution in [3.8, 4) is 6.07 Å². The highest BCUT2D eigenvalue weighted by Gasteiger charge is 2.41. The molecule has 0 spiro atoms. The van der Waals surface area contributed by atoms with Crippen LogP contribution in [0.15, 0.2) is 0 Å². The minimum Gasteiger partial charge on any atom is -0.468 e. The normalized spacial score (nSPS) is 11.1. The summed E-state index contributed by atoms with van der Waals surface area (Å²) in [7, 11) is 1.29. The first kappa shape index (κ1) is 18.4. The molecule has 0 aliphatic heterocycles. The van der Waals surface area contributed by atoms with E-state index >= 15 is 0 Å². The van der Waals surface area contributed by atoms with E-state index in [4.69, 9.17) is 0 Å². The number of nitrogens with zero attached hydrogens (tertiary/aromatic N) is 2. The summed E-state index contributed by atoms with van der Waals surface area (Å²) in [6.45, 7) is 7.47. The van der Waals surface area contributed by atoms with Gasteiger partial charge >= 0.3 is 5.97 Å². The van der Waals surface area contributed by atoms with E-state index in [1.807, 2.05) is 27.7 Å². The number of esters is 1. The van der Waals surface area contributed by atoms with Crippen molar-refractivity contribution >= 4 is 11.9 Å². The van der Waals surface area contributed by atoms with Crippen LogP contribution in [-0.4, -0.2) is 36.5 Å². The van der Waals surface area contributed by atoms with E-state index < -0.39 is 11.4 Å². The maximum atomic E-state index is 12.8. The summed E-state index contributed by atoms with van der Waals surface area (Å²) in [4.78, 5) is 25.7. The molecule has 0 aromatic heterocycles. The zero-order valence-corrected chi connectivity index (χ0v) is 13.2. The van der Waals surface area contributed by atoms with Crippen LogP contribution in [-0.2, 0) is 14.3 Å². The van der Waals surface area contributed by atoms with Crippen molar-refractivity contribution in [3.63, 3.8) is 0 Å². The van der Waals surface area contributed by atoms with Gasteiger partial charge in [0.15, 0.2) is 0 Å². The zero-order chi connectivity index (χ0) is 15.8. The van der Waals surface area contributed by atoms with Crippen molar-refractivity contribution < 1.29 is 14.3 Å². The van der Waals surface area contributed by atoms with Gasteiger partial charge in [-0.1, -0.05) is 26.7 Å². The largest absolute Gasteiger partial charge is 0.468 e. The molecular weight excluding hydrogens is 256 g/mol. The van der Waals surface area contributed by atoms with E-state index in [0.29, 0.717) is 12.8 Å². The van der Waals surface area contributed by atoms with Gasteiger partial charge < -0.3 is 9.64 Å². The number of amides is 1. The molecule has 0 rings (SSSR count). The van der Waals surface area contributed by atoms with Gasteiger partial charge in [0, 0.05) is 6.04 Å². The lowest BCUT2D eigenvalue weighted by atomic mass is 9.79. The van der Waals surface area contributed by atoms with Crippen LogP contribution in [0.1, 0.15) is 53.4 Å². The second-order valence-electron chi connectivity index (χ2n) is 5.30. The molecular formula is C15H26N2O3. The predicted octanol–water partition coefficient (Wildman–Crippen LogP) is 2.51. The Morgan fingerprint density at radius 2 is 1.75 bits per heavy atom. The maximum absolute atomic E-state index is 12.8. The van der Waals surface area contributed by atoms with Gasteiger partial charge in [0.2, 0.25) is 5.91 Å². The van der Waals surface area contributed by atoms with Crippen molar-refractivity contribution in [3.05, 3.63) is 0 Å². The Hall–Kier alpha value is -1.57. The van der Waals surface area contributed by atoms with Crippen LogP contribution in [0.3, 0.4) is 0 Å². The molecule has 5 nitrogen and oxygen atoms in total.